The standard InChI is InChI=1S/C13H11F3N6/c1-7(8-3-17-5-18-4-8)21-11-9-2-10(13(14,15)16)22-12(9)20-6-19-11/h2-7H,1H3,(H2,19,20,21,22)/t7-/m1/s1. The summed E-state index contributed by atoms with van der Waals surface area (Å²) in [5, 5.41) is 3.32. The van der Waals surface area contributed by atoms with E-state index in [4.69, 9.17) is 0 Å². The predicted octanol–water partition coefficient (Wildman–Crippen LogP) is 2.94. The molecule has 0 fully saturated rings. The highest BCUT2D eigenvalue weighted by atomic mass is 19.4. The zero-order valence-electron chi connectivity index (χ0n) is 11.4. The van der Waals surface area contributed by atoms with Crippen molar-refractivity contribution >= 4 is 16.9 Å². The summed E-state index contributed by atoms with van der Waals surface area (Å²) in [6, 6.07) is 0.773. The Morgan fingerprint density at radius 1 is 1.14 bits per heavy atom. The van der Waals surface area contributed by atoms with Crippen LogP contribution in [0.3, 0.4) is 0 Å². The highest BCUT2D eigenvalue weighted by molar-refractivity contribution is 5.87. The Labute approximate surface area is 122 Å². The van der Waals surface area contributed by atoms with Crippen molar-refractivity contribution in [1.29, 1.82) is 0 Å². The normalized spacial score (nSPS) is 13.3. The first kappa shape index (κ1) is 14.2. The molecule has 0 radical (unpaired) electrons. The second-order valence-electron chi connectivity index (χ2n) is 4.70. The van der Waals surface area contributed by atoms with Crippen molar-refractivity contribution in [3.63, 3.8) is 0 Å². The van der Waals surface area contributed by atoms with Crippen LogP contribution in [0.4, 0.5) is 19.0 Å². The van der Waals surface area contributed by atoms with Gasteiger partial charge in [-0.25, -0.2) is 19.9 Å². The van der Waals surface area contributed by atoms with Gasteiger partial charge in [-0.2, -0.15) is 13.2 Å². The first-order valence-electron chi connectivity index (χ1n) is 6.37. The Balaban J connectivity index is 1.96. The average molecular weight is 308 g/mol. The van der Waals surface area contributed by atoms with Crippen molar-refractivity contribution in [2.24, 2.45) is 0 Å². The van der Waals surface area contributed by atoms with Gasteiger partial charge in [-0.1, -0.05) is 0 Å². The quantitative estimate of drug-likeness (QED) is 0.777. The number of nitrogens with zero attached hydrogens (tertiary/aromatic N) is 4. The summed E-state index contributed by atoms with van der Waals surface area (Å²) in [4.78, 5) is 17.9. The third kappa shape index (κ3) is 2.69. The summed E-state index contributed by atoms with van der Waals surface area (Å²) in [6.07, 6.45) is 1.40. The van der Waals surface area contributed by atoms with E-state index in [0.717, 1.165) is 11.6 Å². The van der Waals surface area contributed by atoms with Gasteiger partial charge in [0.2, 0.25) is 0 Å². The Kier molecular flexibility index (Phi) is 3.39. The molecule has 0 aliphatic heterocycles. The number of rotatable bonds is 3. The molecule has 9 heteroatoms. The van der Waals surface area contributed by atoms with Crippen LogP contribution in [0, 0.1) is 0 Å². The number of hydrogen-bond acceptors (Lipinski definition) is 5. The summed E-state index contributed by atoms with van der Waals surface area (Å²) < 4.78 is 38.3. The van der Waals surface area contributed by atoms with E-state index >= 15 is 0 Å². The van der Waals surface area contributed by atoms with Crippen molar-refractivity contribution in [2.75, 3.05) is 5.32 Å². The van der Waals surface area contributed by atoms with Crippen LogP contribution in [0.2, 0.25) is 0 Å². The number of H-pyrrole nitrogens is 1. The van der Waals surface area contributed by atoms with E-state index in [0.29, 0.717) is 5.82 Å². The van der Waals surface area contributed by atoms with E-state index < -0.39 is 11.9 Å². The number of aromatic nitrogens is 5. The third-order valence-electron chi connectivity index (χ3n) is 3.16. The first-order valence-corrected chi connectivity index (χ1v) is 6.37. The molecule has 3 aromatic heterocycles. The topological polar surface area (TPSA) is 79.4 Å². The van der Waals surface area contributed by atoms with Gasteiger partial charge in [0, 0.05) is 18.0 Å². The number of fused-ring (bicyclic) bond motifs is 1. The van der Waals surface area contributed by atoms with Crippen LogP contribution >= 0.6 is 0 Å². The minimum atomic E-state index is -4.46. The lowest BCUT2D eigenvalue weighted by Gasteiger charge is -2.14. The van der Waals surface area contributed by atoms with Crippen LogP contribution in [0.1, 0.15) is 24.2 Å². The van der Waals surface area contributed by atoms with Gasteiger partial charge in [-0.3, -0.25) is 0 Å². The zero-order chi connectivity index (χ0) is 15.7. The van der Waals surface area contributed by atoms with Crippen LogP contribution in [-0.2, 0) is 6.18 Å². The lowest BCUT2D eigenvalue weighted by molar-refractivity contribution is -0.140. The summed E-state index contributed by atoms with van der Waals surface area (Å²) >= 11 is 0. The van der Waals surface area contributed by atoms with Crippen LogP contribution in [0.5, 0.6) is 0 Å². The number of halogens is 3. The SMILES string of the molecule is C[C@@H](Nc1ncnc2[nH]c(C(F)(F)F)cc12)c1cncnc1. The number of alkyl halides is 3. The summed E-state index contributed by atoms with van der Waals surface area (Å²) in [7, 11) is 0. The molecule has 114 valence electrons. The first-order chi connectivity index (χ1) is 10.4. The Hall–Kier alpha value is -2.71. The Morgan fingerprint density at radius 2 is 1.86 bits per heavy atom. The molecule has 0 aliphatic rings. The molecule has 22 heavy (non-hydrogen) atoms. The third-order valence-corrected chi connectivity index (χ3v) is 3.16. The molecule has 3 heterocycles. The number of hydrogen-bond donors (Lipinski definition) is 2. The zero-order valence-corrected chi connectivity index (χ0v) is 11.4. The van der Waals surface area contributed by atoms with E-state index in [1.807, 2.05) is 6.92 Å². The van der Waals surface area contributed by atoms with Gasteiger partial charge < -0.3 is 10.3 Å². The lowest BCUT2D eigenvalue weighted by atomic mass is 10.2. The molecule has 0 aliphatic carbocycles. The van der Waals surface area contributed by atoms with E-state index in [1.165, 1.54) is 12.7 Å². The van der Waals surface area contributed by atoms with Gasteiger partial charge in [0.25, 0.3) is 0 Å². The van der Waals surface area contributed by atoms with E-state index in [1.54, 1.807) is 12.4 Å². The molecule has 0 saturated carbocycles. The molecule has 2 N–H and O–H groups in total. The molecule has 0 unspecified atom stereocenters. The second kappa shape index (κ2) is 5.24. The van der Waals surface area contributed by atoms with E-state index in [-0.39, 0.29) is 17.1 Å². The minimum absolute atomic E-state index is 0.126. The maximum Gasteiger partial charge on any atom is 0.431 e. The molecule has 3 rings (SSSR count). The maximum absolute atomic E-state index is 12.8. The van der Waals surface area contributed by atoms with Gasteiger partial charge in [0.05, 0.1) is 11.4 Å². The average Bonchev–Trinajstić information content (AvgIpc) is 2.93. The van der Waals surface area contributed by atoms with Crippen molar-refractivity contribution < 1.29 is 13.2 Å². The van der Waals surface area contributed by atoms with E-state index in [9.17, 15) is 13.2 Å². The van der Waals surface area contributed by atoms with Gasteiger partial charge in [-0.05, 0) is 13.0 Å². The molecule has 0 aromatic carbocycles. The molecule has 0 spiro atoms. The molecule has 6 nitrogen and oxygen atoms in total. The number of aromatic amines is 1. The summed E-state index contributed by atoms with van der Waals surface area (Å²) in [5.41, 5.74) is 0.0592. The largest absolute Gasteiger partial charge is 0.431 e. The molecular weight excluding hydrogens is 297 g/mol. The van der Waals surface area contributed by atoms with Gasteiger partial charge in [0.15, 0.2) is 0 Å². The fourth-order valence-corrected chi connectivity index (χ4v) is 2.03. The number of anilines is 1. The van der Waals surface area contributed by atoms with E-state index in [2.05, 4.69) is 30.2 Å². The van der Waals surface area contributed by atoms with Gasteiger partial charge in [-0.15, -0.1) is 0 Å². The molecule has 0 bridgehead atoms. The highest BCUT2D eigenvalue weighted by Crippen LogP contribution is 2.32. The van der Waals surface area contributed by atoms with Crippen molar-refractivity contribution in [3.8, 4) is 0 Å². The monoisotopic (exact) mass is 308 g/mol. The molecule has 0 amide bonds. The number of nitrogens with one attached hydrogen (secondary N) is 2. The van der Waals surface area contributed by atoms with Crippen molar-refractivity contribution in [1.82, 2.24) is 24.9 Å². The van der Waals surface area contributed by atoms with Crippen LogP contribution in [0.25, 0.3) is 11.0 Å². The van der Waals surface area contributed by atoms with Gasteiger partial charge >= 0.3 is 6.18 Å². The minimum Gasteiger partial charge on any atom is -0.363 e. The fourth-order valence-electron chi connectivity index (χ4n) is 2.03. The van der Waals surface area contributed by atoms with Crippen molar-refractivity contribution in [3.05, 3.63) is 42.4 Å². The van der Waals surface area contributed by atoms with Crippen LogP contribution in [-0.4, -0.2) is 24.9 Å². The molecular formula is C13H11F3N6. The highest BCUT2D eigenvalue weighted by Gasteiger charge is 2.33. The summed E-state index contributed by atoms with van der Waals surface area (Å²) in [5.74, 6) is 0.313. The molecule has 3 aromatic rings. The molecule has 1 atom stereocenters. The van der Waals surface area contributed by atoms with Crippen LogP contribution in [0.15, 0.2) is 31.1 Å². The summed E-state index contributed by atoms with van der Waals surface area (Å²) in [6.45, 7) is 1.84. The van der Waals surface area contributed by atoms with Crippen LogP contribution < -0.4 is 5.32 Å². The molecule has 0 saturated heterocycles. The fraction of sp³-hybridized carbons (Fsp3) is 0.231. The smallest absolute Gasteiger partial charge is 0.363 e. The maximum atomic E-state index is 12.8. The predicted molar refractivity (Wildman–Crippen MR) is 73.0 cm³/mol. The lowest BCUT2D eigenvalue weighted by Crippen LogP contribution is -2.09. The Bertz CT molecular complexity index is 783. The second-order valence-corrected chi connectivity index (χ2v) is 4.70. The Morgan fingerprint density at radius 3 is 2.55 bits per heavy atom. The van der Waals surface area contributed by atoms with Gasteiger partial charge in [0.1, 0.15) is 29.8 Å². The van der Waals surface area contributed by atoms with Crippen molar-refractivity contribution in [2.45, 2.75) is 19.1 Å².